The summed E-state index contributed by atoms with van der Waals surface area (Å²) in [6, 6.07) is 17.3. The van der Waals surface area contributed by atoms with E-state index in [0.29, 0.717) is 17.0 Å². The molecule has 6 heteroatoms. The summed E-state index contributed by atoms with van der Waals surface area (Å²) in [6.45, 7) is 0. The van der Waals surface area contributed by atoms with Crippen LogP contribution >= 0.6 is 0 Å². The predicted molar refractivity (Wildman–Crippen MR) is 87.8 cm³/mol. The molecule has 1 heterocycles. The smallest absolute Gasteiger partial charge is 0.319 e. The van der Waals surface area contributed by atoms with E-state index in [9.17, 15) is 9.90 Å². The molecule has 0 aliphatic carbocycles. The minimum Gasteiger partial charge on any atom is -0.507 e. The van der Waals surface area contributed by atoms with Gasteiger partial charge < -0.3 is 10.8 Å². The van der Waals surface area contributed by atoms with Crippen LogP contribution in [0.1, 0.15) is 0 Å². The Morgan fingerprint density at radius 1 is 0.957 bits per heavy atom. The third kappa shape index (κ3) is 3.26. The molecule has 0 saturated heterocycles. The molecule has 3 aromatic rings. The van der Waals surface area contributed by atoms with Crippen LogP contribution in [0, 0.1) is 0 Å². The zero-order valence-electron chi connectivity index (χ0n) is 12.1. The second-order valence-corrected chi connectivity index (χ2v) is 4.83. The Kier molecular flexibility index (Phi) is 3.88. The van der Waals surface area contributed by atoms with Crippen molar-refractivity contribution in [3.8, 4) is 28.3 Å². The van der Waals surface area contributed by atoms with E-state index in [4.69, 9.17) is 5.73 Å². The standard InChI is InChI=1S/C17H14N4O2/c18-16(23)21-17-19-13(11-6-2-1-3-7-11)10-14(20-17)12-8-4-5-9-15(12)22/h1-10,22H,(H3,18,19,20,21,23). The number of nitrogens with one attached hydrogen (secondary N) is 1. The number of aromatic nitrogens is 2. The van der Waals surface area contributed by atoms with E-state index >= 15 is 0 Å². The molecule has 0 bridgehead atoms. The van der Waals surface area contributed by atoms with Gasteiger partial charge in [-0.1, -0.05) is 42.5 Å². The molecule has 0 atom stereocenters. The van der Waals surface area contributed by atoms with Crippen molar-refractivity contribution < 1.29 is 9.90 Å². The molecule has 0 spiro atoms. The fourth-order valence-electron chi connectivity index (χ4n) is 2.20. The van der Waals surface area contributed by atoms with Gasteiger partial charge in [0, 0.05) is 11.1 Å². The molecule has 0 unspecified atom stereocenters. The highest BCUT2D eigenvalue weighted by Gasteiger charge is 2.12. The van der Waals surface area contributed by atoms with Gasteiger partial charge in [-0.25, -0.2) is 14.8 Å². The number of primary amides is 1. The van der Waals surface area contributed by atoms with Crippen molar-refractivity contribution in [2.45, 2.75) is 0 Å². The van der Waals surface area contributed by atoms with Gasteiger partial charge in [-0.05, 0) is 18.2 Å². The van der Waals surface area contributed by atoms with Crippen LogP contribution in [0.3, 0.4) is 0 Å². The number of hydrogen-bond acceptors (Lipinski definition) is 4. The molecule has 6 nitrogen and oxygen atoms in total. The topological polar surface area (TPSA) is 101 Å². The van der Waals surface area contributed by atoms with Crippen molar-refractivity contribution >= 4 is 12.0 Å². The van der Waals surface area contributed by atoms with Crippen LogP contribution in [0.5, 0.6) is 5.75 Å². The highest BCUT2D eigenvalue weighted by molar-refractivity contribution is 5.86. The highest BCUT2D eigenvalue weighted by Crippen LogP contribution is 2.30. The minimum atomic E-state index is -0.751. The van der Waals surface area contributed by atoms with Crippen LogP contribution in [0.15, 0.2) is 60.7 Å². The number of carbonyl (C=O) groups excluding carboxylic acids is 1. The summed E-state index contributed by atoms with van der Waals surface area (Å²) < 4.78 is 0. The summed E-state index contributed by atoms with van der Waals surface area (Å²) in [5, 5.41) is 12.4. The number of benzene rings is 2. The first-order chi connectivity index (χ1) is 11.1. The molecule has 1 aromatic heterocycles. The summed E-state index contributed by atoms with van der Waals surface area (Å²) >= 11 is 0. The van der Waals surface area contributed by atoms with E-state index in [2.05, 4.69) is 15.3 Å². The molecule has 0 fully saturated rings. The Morgan fingerprint density at radius 3 is 2.30 bits per heavy atom. The van der Waals surface area contributed by atoms with Gasteiger partial charge in [-0.15, -0.1) is 0 Å². The Morgan fingerprint density at radius 2 is 1.61 bits per heavy atom. The minimum absolute atomic E-state index is 0.0807. The predicted octanol–water partition coefficient (Wildman–Crippen LogP) is 3.01. The number of anilines is 1. The SMILES string of the molecule is NC(=O)Nc1nc(-c2ccccc2)cc(-c2ccccc2O)n1. The number of hydrogen-bond donors (Lipinski definition) is 3. The van der Waals surface area contributed by atoms with Crippen molar-refractivity contribution in [1.29, 1.82) is 0 Å². The number of phenols is 1. The highest BCUT2D eigenvalue weighted by atomic mass is 16.3. The van der Waals surface area contributed by atoms with E-state index < -0.39 is 6.03 Å². The number of nitrogens with two attached hydrogens (primary N) is 1. The normalized spacial score (nSPS) is 10.3. The van der Waals surface area contributed by atoms with Crippen molar-refractivity contribution in [3.05, 3.63) is 60.7 Å². The lowest BCUT2D eigenvalue weighted by atomic mass is 10.1. The van der Waals surface area contributed by atoms with Gasteiger partial charge in [0.15, 0.2) is 0 Å². The van der Waals surface area contributed by atoms with Crippen LogP contribution < -0.4 is 11.1 Å². The average Bonchev–Trinajstić information content (AvgIpc) is 2.55. The summed E-state index contributed by atoms with van der Waals surface area (Å²) in [6.07, 6.45) is 0. The van der Waals surface area contributed by atoms with Crippen molar-refractivity contribution in [3.63, 3.8) is 0 Å². The monoisotopic (exact) mass is 306 g/mol. The van der Waals surface area contributed by atoms with Crippen LogP contribution in [-0.4, -0.2) is 21.1 Å². The molecule has 114 valence electrons. The molecule has 0 saturated carbocycles. The van der Waals surface area contributed by atoms with E-state index in [1.165, 1.54) is 0 Å². The molecule has 4 N–H and O–H groups in total. The molecule has 0 radical (unpaired) electrons. The quantitative estimate of drug-likeness (QED) is 0.692. The summed E-state index contributed by atoms with van der Waals surface area (Å²) in [7, 11) is 0. The Bertz CT molecular complexity index is 850. The van der Waals surface area contributed by atoms with Gasteiger partial charge in [-0.2, -0.15) is 0 Å². The molecule has 2 amide bonds. The summed E-state index contributed by atoms with van der Waals surface area (Å²) in [5.74, 6) is 0.173. The van der Waals surface area contributed by atoms with Gasteiger partial charge in [-0.3, -0.25) is 5.32 Å². The second-order valence-electron chi connectivity index (χ2n) is 4.83. The van der Waals surface area contributed by atoms with Crippen molar-refractivity contribution in [2.75, 3.05) is 5.32 Å². The first-order valence-electron chi connectivity index (χ1n) is 6.93. The van der Waals surface area contributed by atoms with E-state index in [0.717, 1.165) is 5.56 Å². The molecule has 0 aliphatic rings. The van der Waals surface area contributed by atoms with Gasteiger partial charge >= 0.3 is 6.03 Å². The number of amides is 2. The zero-order valence-corrected chi connectivity index (χ0v) is 12.1. The number of urea groups is 1. The number of para-hydroxylation sites is 1. The van der Waals surface area contributed by atoms with Gasteiger partial charge in [0.2, 0.25) is 5.95 Å². The van der Waals surface area contributed by atoms with Crippen molar-refractivity contribution in [1.82, 2.24) is 9.97 Å². The Balaban J connectivity index is 2.16. The molecule has 0 aliphatic heterocycles. The maximum atomic E-state index is 11.1. The maximum Gasteiger partial charge on any atom is 0.319 e. The average molecular weight is 306 g/mol. The van der Waals surface area contributed by atoms with Crippen LogP contribution in [0.4, 0.5) is 10.7 Å². The number of carbonyl (C=O) groups is 1. The number of rotatable bonds is 3. The Hall–Kier alpha value is -3.41. The zero-order chi connectivity index (χ0) is 16.2. The number of nitrogens with zero attached hydrogens (tertiary/aromatic N) is 2. The maximum absolute atomic E-state index is 11.1. The largest absolute Gasteiger partial charge is 0.507 e. The molecule has 23 heavy (non-hydrogen) atoms. The summed E-state index contributed by atoms with van der Waals surface area (Å²) in [4.78, 5) is 19.7. The third-order valence-corrected chi connectivity index (χ3v) is 3.21. The van der Waals surface area contributed by atoms with Crippen LogP contribution in [0.2, 0.25) is 0 Å². The third-order valence-electron chi connectivity index (χ3n) is 3.21. The van der Waals surface area contributed by atoms with Gasteiger partial charge in [0.1, 0.15) is 5.75 Å². The second kappa shape index (κ2) is 6.15. The number of aromatic hydroxyl groups is 1. The van der Waals surface area contributed by atoms with Crippen molar-refractivity contribution in [2.24, 2.45) is 5.73 Å². The number of phenolic OH excluding ortho intramolecular Hbond substituents is 1. The van der Waals surface area contributed by atoms with E-state index in [-0.39, 0.29) is 11.7 Å². The van der Waals surface area contributed by atoms with Gasteiger partial charge in [0.05, 0.1) is 11.4 Å². The van der Waals surface area contributed by atoms with Gasteiger partial charge in [0.25, 0.3) is 0 Å². The lowest BCUT2D eigenvalue weighted by Crippen LogP contribution is -2.21. The fraction of sp³-hybridized carbons (Fsp3) is 0. The fourth-order valence-corrected chi connectivity index (χ4v) is 2.20. The molecular weight excluding hydrogens is 292 g/mol. The lowest BCUT2D eigenvalue weighted by Gasteiger charge is -2.09. The molecule has 2 aromatic carbocycles. The van der Waals surface area contributed by atoms with Crippen LogP contribution in [-0.2, 0) is 0 Å². The van der Waals surface area contributed by atoms with E-state index in [1.807, 2.05) is 30.3 Å². The first-order valence-corrected chi connectivity index (χ1v) is 6.93. The molecule has 3 rings (SSSR count). The van der Waals surface area contributed by atoms with E-state index in [1.54, 1.807) is 30.3 Å². The summed E-state index contributed by atoms with van der Waals surface area (Å²) in [5.41, 5.74) is 7.65. The Labute approximate surface area is 132 Å². The molecular formula is C17H14N4O2. The lowest BCUT2D eigenvalue weighted by molar-refractivity contribution is 0.259. The first kappa shape index (κ1) is 14.5. The van der Waals surface area contributed by atoms with Crippen LogP contribution in [0.25, 0.3) is 22.5 Å².